The standard InChI is InChI=1S/2C18H15OP.BF4.Cu/c2*19-17-13-7-8-14-18(17)20(15-9-3-1-4-10-15)16-11-5-2-6-12-16;2-1(3,4)5;/h2*1-14,19H;;/q;;-1;+1. The van der Waals surface area contributed by atoms with Gasteiger partial charge in [0, 0.05) is 10.6 Å². The topological polar surface area (TPSA) is 40.5 Å². The maximum atomic E-state index is 10.2. The van der Waals surface area contributed by atoms with E-state index in [9.17, 15) is 27.5 Å². The van der Waals surface area contributed by atoms with E-state index in [2.05, 4.69) is 48.5 Å². The second-order valence-corrected chi connectivity index (χ2v) is 13.9. The van der Waals surface area contributed by atoms with E-state index in [1.807, 2.05) is 109 Å². The molecule has 0 amide bonds. The molecule has 238 valence electrons. The van der Waals surface area contributed by atoms with E-state index < -0.39 is 23.1 Å². The largest absolute Gasteiger partial charge is 1.00 e. The van der Waals surface area contributed by atoms with Gasteiger partial charge < -0.3 is 27.5 Å². The molecule has 10 heteroatoms. The molecule has 0 aliphatic rings. The zero-order valence-corrected chi connectivity index (χ0v) is 27.1. The number of phenolic OH excluding ortho intramolecular Hbond substituents is 2. The number of benzene rings is 6. The first-order valence-electron chi connectivity index (χ1n) is 14.0. The number of para-hydroxylation sites is 2. The Morgan fingerprint density at radius 2 is 0.543 bits per heavy atom. The summed E-state index contributed by atoms with van der Waals surface area (Å²) >= 11 is 0. The average molecular weight is 707 g/mol. The van der Waals surface area contributed by atoms with Crippen LogP contribution in [0.5, 0.6) is 11.5 Å². The van der Waals surface area contributed by atoms with Gasteiger partial charge in [-0.2, -0.15) is 0 Å². The van der Waals surface area contributed by atoms with Crippen molar-refractivity contribution in [2.75, 3.05) is 0 Å². The molecule has 0 spiro atoms. The average Bonchev–Trinajstić information content (AvgIpc) is 3.05. The Hall–Kier alpha value is -3.92. The number of rotatable bonds is 6. The molecule has 2 N–H and O–H groups in total. The summed E-state index contributed by atoms with van der Waals surface area (Å²) < 4.78 is 39.0. The number of halogens is 4. The molecule has 46 heavy (non-hydrogen) atoms. The van der Waals surface area contributed by atoms with Gasteiger partial charge in [-0.05, 0) is 49.2 Å². The van der Waals surface area contributed by atoms with Gasteiger partial charge in [-0.3, -0.25) is 0 Å². The molecule has 0 unspecified atom stereocenters. The molecule has 0 heterocycles. The molecule has 0 aliphatic heterocycles. The summed E-state index contributed by atoms with van der Waals surface area (Å²) in [5.74, 6) is 0.734. The molecule has 0 fully saturated rings. The molecule has 0 radical (unpaired) electrons. The fourth-order valence-electron chi connectivity index (χ4n) is 4.47. The van der Waals surface area contributed by atoms with Crippen LogP contribution in [-0.4, -0.2) is 17.5 Å². The van der Waals surface area contributed by atoms with Crippen LogP contribution in [0.25, 0.3) is 0 Å². The van der Waals surface area contributed by atoms with E-state index in [1.54, 1.807) is 12.1 Å². The van der Waals surface area contributed by atoms with Crippen LogP contribution in [0, 0.1) is 0 Å². The second-order valence-electron chi connectivity index (χ2n) is 9.49. The zero-order valence-electron chi connectivity index (χ0n) is 24.3. The minimum atomic E-state index is -6.00. The zero-order chi connectivity index (χ0) is 32.1. The van der Waals surface area contributed by atoms with E-state index >= 15 is 0 Å². The predicted molar refractivity (Wildman–Crippen MR) is 184 cm³/mol. The van der Waals surface area contributed by atoms with Gasteiger partial charge in [0.2, 0.25) is 0 Å². The van der Waals surface area contributed by atoms with Crippen molar-refractivity contribution in [2.45, 2.75) is 0 Å². The molecule has 0 saturated carbocycles. The van der Waals surface area contributed by atoms with E-state index in [-0.39, 0.29) is 17.1 Å². The van der Waals surface area contributed by atoms with Gasteiger partial charge >= 0.3 is 24.3 Å². The van der Waals surface area contributed by atoms with Crippen LogP contribution in [0.3, 0.4) is 0 Å². The molecular formula is C36H30BCuF4O2P2. The van der Waals surface area contributed by atoms with E-state index in [4.69, 9.17) is 0 Å². The first-order chi connectivity index (χ1) is 21.7. The quantitative estimate of drug-likeness (QED) is 0.107. The first kappa shape index (κ1) is 36.6. The Morgan fingerprint density at radius 3 is 0.761 bits per heavy atom. The van der Waals surface area contributed by atoms with Crippen LogP contribution in [0.4, 0.5) is 17.3 Å². The molecule has 2 nitrogen and oxygen atoms in total. The SMILES string of the molecule is F[B-](F)(F)F.Oc1ccccc1P(c1ccccc1)c1ccccc1.Oc1ccccc1P(c1ccccc1)c1ccccc1.[Cu+]. The number of hydrogen-bond acceptors (Lipinski definition) is 2. The Labute approximate surface area is 279 Å². The summed E-state index contributed by atoms with van der Waals surface area (Å²) in [7, 11) is -7.43. The molecule has 0 bridgehead atoms. The van der Waals surface area contributed by atoms with Crippen molar-refractivity contribution < 1.29 is 44.5 Å². The molecule has 6 rings (SSSR count). The summed E-state index contributed by atoms with van der Waals surface area (Å²) in [6.45, 7) is 0. The fourth-order valence-corrected chi connectivity index (χ4v) is 9.14. The maximum absolute atomic E-state index is 10.2. The maximum Gasteiger partial charge on any atom is 1.00 e. The van der Waals surface area contributed by atoms with E-state index in [0.717, 1.165) is 10.6 Å². The van der Waals surface area contributed by atoms with Crippen LogP contribution in [0.15, 0.2) is 170 Å². The molecule has 0 aliphatic carbocycles. The van der Waals surface area contributed by atoms with E-state index in [0.29, 0.717) is 11.5 Å². The van der Waals surface area contributed by atoms with Crippen LogP contribution in [-0.2, 0) is 17.1 Å². The molecule has 0 saturated heterocycles. The minimum absolute atomic E-state index is 0. The number of phenols is 2. The number of hydrogen-bond donors (Lipinski definition) is 2. The predicted octanol–water partition coefficient (Wildman–Crippen LogP) is 7.60. The third kappa shape index (κ3) is 11.2. The summed E-state index contributed by atoms with van der Waals surface area (Å²) in [5, 5.41) is 27.4. The number of aromatic hydroxyl groups is 2. The Morgan fingerprint density at radius 1 is 0.348 bits per heavy atom. The second kappa shape index (κ2) is 18.3. The summed E-state index contributed by atoms with van der Waals surface area (Å²) in [6.07, 6.45) is 0. The van der Waals surface area contributed by atoms with Crippen LogP contribution in [0.2, 0.25) is 0 Å². The van der Waals surface area contributed by atoms with Gasteiger partial charge in [0.15, 0.2) is 0 Å². The molecule has 0 atom stereocenters. The van der Waals surface area contributed by atoms with Crippen LogP contribution in [0.1, 0.15) is 0 Å². The Balaban J connectivity index is 0.000000215. The fraction of sp³-hybridized carbons (Fsp3) is 0. The normalized spacial score (nSPS) is 10.6. The van der Waals surface area contributed by atoms with Gasteiger partial charge in [0.25, 0.3) is 0 Å². The molecule has 0 aromatic heterocycles. The first-order valence-corrected chi connectivity index (χ1v) is 16.6. The summed E-state index contributed by atoms with van der Waals surface area (Å²) in [4.78, 5) is 0. The molecular weight excluding hydrogens is 677 g/mol. The third-order valence-corrected chi connectivity index (χ3v) is 11.3. The van der Waals surface area contributed by atoms with Crippen molar-refractivity contribution in [3.63, 3.8) is 0 Å². The molecule has 6 aromatic carbocycles. The summed E-state index contributed by atoms with van der Waals surface area (Å²) in [5.41, 5.74) is 0. The third-order valence-electron chi connectivity index (χ3n) is 6.30. The van der Waals surface area contributed by atoms with Gasteiger partial charge in [-0.15, -0.1) is 0 Å². The van der Waals surface area contributed by atoms with E-state index in [1.165, 1.54) is 21.2 Å². The van der Waals surface area contributed by atoms with Crippen molar-refractivity contribution >= 4 is 54.9 Å². The van der Waals surface area contributed by atoms with Gasteiger partial charge in [0.1, 0.15) is 11.5 Å². The minimum Gasteiger partial charge on any atom is -0.507 e. The Kier molecular flexibility index (Phi) is 14.5. The monoisotopic (exact) mass is 706 g/mol. The van der Waals surface area contributed by atoms with Gasteiger partial charge in [0.05, 0.1) is 0 Å². The Bertz CT molecular complexity index is 1520. The van der Waals surface area contributed by atoms with Crippen molar-refractivity contribution in [1.29, 1.82) is 0 Å². The molecule has 6 aromatic rings. The van der Waals surface area contributed by atoms with Crippen molar-refractivity contribution in [1.82, 2.24) is 0 Å². The van der Waals surface area contributed by atoms with Crippen LogP contribution >= 0.6 is 15.8 Å². The van der Waals surface area contributed by atoms with Crippen molar-refractivity contribution in [3.05, 3.63) is 170 Å². The van der Waals surface area contributed by atoms with Gasteiger partial charge in [-0.25, -0.2) is 0 Å². The smallest absolute Gasteiger partial charge is 0.507 e. The van der Waals surface area contributed by atoms with Crippen molar-refractivity contribution in [3.8, 4) is 11.5 Å². The van der Waals surface area contributed by atoms with Gasteiger partial charge in [-0.1, -0.05) is 158 Å². The van der Waals surface area contributed by atoms with Crippen molar-refractivity contribution in [2.24, 2.45) is 0 Å². The summed E-state index contributed by atoms with van der Waals surface area (Å²) in [6, 6.07) is 56.8. The van der Waals surface area contributed by atoms with Crippen LogP contribution < -0.4 is 31.8 Å².